The molecule has 7 unspecified atom stereocenters. The normalized spacial score (nSPS) is 31.5. The number of benzene rings is 2. The van der Waals surface area contributed by atoms with Gasteiger partial charge in [0.25, 0.3) is 0 Å². The molecule has 3 heterocycles. The number of hydrogen-bond donors (Lipinski definition) is 2. The van der Waals surface area contributed by atoms with E-state index in [9.17, 15) is 14.4 Å². The van der Waals surface area contributed by atoms with Crippen molar-refractivity contribution in [2.75, 3.05) is 11.9 Å². The maximum Gasteiger partial charge on any atom is 0.246 e. The van der Waals surface area contributed by atoms with Gasteiger partial charge in [0.1, 0.15) is 11.6 Å². The van der Waals surface area contributed by atoms with Gasteiger partial charge in [-0.05, 0) is 66.5 Å². The first kappa shape index (κ1) is 28.9. The number of rotatable bonds is 8. The summed E-state index contributed by atoms with van der Waals surface area (Å²) in [6.07, 6.45) is 7.97. The Hall–Kier alpha value is -3.16. The van der Waals surface area contributed by atoms with Crippen molar-refractivity contribution in [1.29, 1.82) is 0 Å². The van der Waals surface area contributed by atoms with Crippen LogP contribution in [0.3, 0.4) is 0 Å². The van der Waals surface area contributed by atoms with E-state index in [0.29, 0.717) is 35.5 Å². The molecule has 2 aromatic carbocycles. The Balaban J connectivity index is 1.27. The van der Waals surface area contributed by atoms with E-state index in [2.05, 4.69) is 31.4 Å². The highest BCUT2D eigenvalue weighted by Gasteiger charge is 2.72. The SMILES string of the molecule is CC(C)c1ccc(NC(=O)C2C3C=CC4(O3)C2C(=O)N(CCc2ccc(Cl)cc2)C4C(=O)NC2CCCCC2C)cc1. The van der Waals surface area contributed by atoms with Gasteiger partial charge in [0.2, 0.25) is 17.7 Å². The van der Waals surface area contributed by atoms with Crippen LogP contribution in [0.4, 0.5) is 5.69 Å². The van der Waals surface area contributed by atoms with Gasteiger partial charge in [0.05, 0.1) is 17.9 Å². The first-order valence-corrected chi connectivity index (χ1v) is 15.7. The van der Waals surface area contributed by atoms with Crippen LogP contribution in [0.1, 0.15) is 63.5 Å². The van der Waals surface area contributed by atoms with E-state index < -0.39 is 29.6 Å². The predicted molar refractivity (Wildman–Crippen MR) is 163 cm³/mol. The molecule has 2 aromatic rings. The first-order chi connectivity index (χ1) is 20.2. The van der Waals surface area contributed by atoms with Crippen LogP contribution in [0.5, 0.6) is 0 Å². The Morgan fingerprint density at radius 3 is 2.45 bits per heavy atom. The van der Waals surface area contributed by atoms with Crippen molar-refractivity contribution in [3.63, 3.8) is 0 Å². The highest BCUT2D eigenvalue weighted by molar-refractivity contribution is 6.30. The smallest absolute Gasteiger partial charge is 0.246 e. The number of carbonyl (C=O) groups is 3. The Bertz CT molecular complexity index is 1370. The molecule has 4 aliphatic rings. The van der Waals surface area contributed by atoms with E-state index in [4.69, 9.17) is 16.3 Å². The predicted octanol–water partition coefficient (Wildman–Crippen LogP) is 5.49. The molecule has 2 bridgehead atoms. The summed E-state index contributed by atoms with van der Waals surface area (Å²) >= 11 is 6.08. The van der Waals surface area contributed by atoms with Crippen molar-refractivity contribution in [2.24, 2.45) is 17.8 Å². The Labute approximate surface area is 253 Å². The molecule has 0 aromatic heterocycles. The van der Waals surface area contributed by atoms with Crippen LogP contribution in [0.2, 0.25) is 5.02 Å². The lowest BCUT2D eigenvalue weighted by Gasteiger charge is -2.36. The minimum atomic E-state index is -1.17. The molecule has 8 heteroatoms. The number of anilines is 1. The quantitative estimate of drug-likeness (QED) is 0.399. The summed E-state index contributed by atoms with van der Waals surface area (Å²) < 4.78 is 6.51. The Morgan fingerprint density at radius 1 is 1.05 bits per heavy atom. The van der Waals surface area contributed by atoms with Gasteiger partial charge in [-0.1, -0.05) is 81.6 Å². The summed E-state index contributed by atoms with van der Waals surface area (Å²) in [4.78, 5) is 43.8. The van der Waals surface area contributed by atoms with E-state index in [0.717, 1.165) is 24.8 Å². The van der Waals surface area contributed by atoms with Gasteiger partial charge in [-0.3, -0.25) is 14.4 Å². The van der Waals surface area contributed by atoms with Gasteiger partial charge in [-0.25, -0.2) is 0 Å². The van der Waals surface area contributed by atoms with E-state index >= 15 is 0 Å². The molecule has 1 spiro atoms. The minimum Gasteiger partial charge on any atom is -0.359 e. The van der Waals surface area contributed by atoms with Gasteiger partial charge in [0.15, 0.2) is 0 Å². The lowest BCUT2D eigenvalue weighted by atomic mass is 9.74. The molecule has 3 aliphatic heterocycles. The lowest BCUT2D eigenvalue weighted by molar-refractivity contribution is -0.141. The number of likely N-dealkylation sites (tertiary alicyclic amines) is 1. The standard InChI is InChI=1S/C34H40ClN3O4/c1-20(2)23-10-14-25(15-11-23)36-31(39)28-27-16-18-34(42-27)29(28)33(41)38(19-17-22-8-12-24(35)13-9-22)30(34)32(40)37-26-7-5-4-6-21(26)3/h8-16,18,20-21,26-30H,4-7,17,19H2,1-3H3,(H,36,39)(H,37,40). The second-order valence-corrected chi connectivity index (χ2v) is 13.2. The molecule has 1 aliphatic carbocycles. The monoisotopic (exact) mass is 589 g/mol. The third-order valence-corrected chi connectivity index (χ3v) is 10.0. The highest BCUT2D eigenvalue weighted by atomic mass is 35.5. The van der Waals surface area contributed by atoms with Gasteiger partial charge >= 0.3 is 0 Å². The first-order valence-electron chi connectivity index (χ1n) is 15.3. The number of hydrogen-bond acceptors (Lipinski definition) is 4. The molecular formula is C34H40ClN3O4. The third-order valence-electron chi connectivity index (χ3n) is 9.76. The maximum absolute atomic E-state index is 14.2. The average molecular weight is 590 g/mol. The van der Waals surface area contributed by atoms with Crippen LogP contribution in [0, 0.1) is 17.8 Å². The average Bonchev–Trinajstić information content (AvgIpc) is 3.61. The number of ether oxygens (including phenoxy) is 1. The van der Waals surface area contributed by atoms with Crippen molar-refractivity contribution < 1.29 is 19.1 Å². The third kappa shape index (κ3) is 5.15. The number of nitrogens with zero attached hydrogens (tertiary/aromatic N) is 1. The van der Waals surface area contributed by atoms with Crippen LogP contribution in [-0.4, -0.2) is 53.0 Å². The summed E-state index contributed by atoms with van der Waals surface area (Å²) in [5.74, 6) is -1.41. The van der Waals surface area contributed by atoms with Gasteiger partial charge in [0, 0.05) is 23.3 Å². The number of fused-ring (bicyclic) bond motifs is 1. The molecule has 0 radical (unpaired) electrons. The molecule has 2 N–H and O–H groups in total. The van der Waals surface area contributed by atoms with Crippen LogP contribution in [-0.2, 0) is 25.5 Å². The van der Waals surface area contributed by atoms with E-state index in [1.807, 2.05) is 60.7 Å². The zero-order valence-electron chi connectivity index (χ0n) is 24.5. The summed E-state index contributed by atoms with van der Waals surface area (Å²) in [5, 5.41) is 6.96. The number of nitrogens with one attached hydrogen (secondary N) is 2. The van der Waals surface area contributed by atoms with Gasteiger partial charge < -0.3 is 20.3 Å². The molecular weight excluding hydrogens is 550 g/mol. The topological polar surface area (TPSA) is 87.7 Å². The van der Waals surface area contributed by atoms with Crippen LogP contribution in [0.25, 0.3) is 0 Å². The second kappa shape index (κ2) is 11.5. The van der Waals surface area contributed by atoms with E-state index in [1.165, 1.54) is 12.0 Å². The highest BCUT2D eigenvalue weighted by Crippen LogP contribution is 2.55. The van der Waals surface area contributed by atoms with Crippen molar-refractivity contribution in [1.82, 2.24) is 10.2 Å². The van der Waals surface area contributed by atoms with Crippen molar-refractivity contribution in [3.05, 3.63) is 76.8 Å². The number of halogens is 1. The van der Waals surface area contributed by atoms with Gasteiger partial charge in [-0.2, -0.15) is 0 Å². The summed E-state index contributed by atoms with van der Waals surface area (Å²) in [6, 6.07) is 14.5. The van der Waals surface area contributed by atoms with Crippen LogP contribution < -0.4 is 10.6 Å². The van der Waals surface area contributed by atoms with Crippen LogP contribution in [0.15, 0.2) is 60.7 Å². The molecule has 1 saturated carbocycles. The zero-order valence-corrected chi connectivity index (χ0v) is 25.3. The van der Waals surface area contributed by atoms with Crippen molar-refractivity contribution >= 4 is 35.0 Å². The fourth-order valence-corrected chi connectivity index (χ4v) is 7.50. The Kier molecular flexibility index (Phi) is 7.92. The molecule has 222 valence electrons. The molecule has 3 fully saturated rings. The van der Waals surface area contributed by atoms with Crippen LogP contribution >= 0.6 is 11.6 Å². The van der Waals surface area contributed by atoms with Crippen molar-refractivity contribution in [2.45, 2.75) is 82.6 Å². The number of amides is 3. The van der Waals surface area contributed by atoms with Crippen molar-refractivity contribution in [3.8, 4) is 0 Å². The fraction of sp³-hybridized carbons (Fsp3) is 0.500. The summed E-state index contributed by atoms with van der Waals surface area (Å²) in [6.45, 7) is 6.76. The Morgan fingerprint density at radius 2 is 1.76 bits per heavy atom. The lowest BCUT2D eigenvalue weighted by Crippen LogP contribution is -2.57. The summed E-state index contributed by atoms with van der Waals surface area (Å²) in [5.41, 5.74) is 1.70. The van der Waals surface area contributed by atoms with E-state index in [1.54, 1.807) is 4.90 Å². The molecule has 3 amide bonds. The fourth-order valence-electron chi connectivity index (χ4n) is 7.38. The molecule has 7 atom stereocenters. The second-order valence-electron chi connectivity index (χ2n) is 12.8. The molecule has 7 nitrogen and oxygen atoms in total. The molecule has 2 saturated heterocycles. The maximum atomic E-state index is 14.2. The van der Waals surface area contributed by atoms with E-state index in [-0.39, 0.29) is 23.8 Å². The van der Waals surface area contributed by atoms with Gasteiger partial charge in [-0.15, -0.1) is 0 Å². The minimum absolute atomic E-state index is 0.0606. The largest absolute Gasteiger partial charge is 0.359 e. The molecule has 42 heavy (non-hydrogen) atoms. The summed E-state index contributed by atoms with van der Waals surface area (Å²) in [7, 11) is 0. The molecule has 6 rings (SSSR count). The zero-order chi connectivity index (χ0) is 29.6. The number of carbonyl (C=O) groups excluding carboxylic acids is 3.